The molecule has 0 bridgehead atoms. The van der Waals surface area contributed by atoms with E-state index in [9.17, 15) is 4.79 Å². The molecule has 0 saturated carbocycles. The van der Waals surface area contributed by atoms with Gasteiger partial charge in [-0.2, -0.15) is 11.8 Å². The normalized spacial score (nSPS) is 15.3. The second kappa shape index (κ2) is 6.12. The fourth-order valence-corrected chi connectivity index (χ4v) is 4.67. The summed E-state index contributed by atoms with van der Waals surface area (Å²) in [4.78, 5) is 14.6. The van der Waals surface area contributed by atoms with Gasteiger partial charge in [0, 0.05) is 16.3 Å². The number of benzene rings is 1. The Morgan fingerprint density at radius 2 is 2.10 bits per heavy atom. The van der Waals surface area contributed by atoms with Crippen molar-refractivity contribution in [2.24, 2.45) is 0 Å². The number of rotatable bonds is 3. The topological polar surface area (TPSA) is 55.1 Å². The second-order valence-corrected chi connectivity index (χ2v) is 7.47. The van der Waals surface area contributed by atoms with Gasteiger partial charge in [0.05, 0.1) is 10.9 Å². The van der Waals surface area contributed by atoms with Crippen LogP contribution in [0.25, 0.3) is 0 Å². The number of nitrogens with two attached hydrogens (primary N) is 1. The van der Waals surface area contributed by atoms with Crippen LogP contribution in [0.3, 0.4) is 0 Å². The van der Waals surface area contributed by atoms with Crippen LogP contribution in [0.5, 0.6) is 0 Å². The van der Waals surface area contributed by atoms with E-state index in [1.54, 1.807) is 11.3 Å². The molecule has 2 heterocycles. The standard InChI is InChI=1S/C16H18N2OS2/c1-10(11-2-4-13(17)5-3-11)18-16(19)15-8-12-9-20-7-6-14(12)21-15/h2-5,8,10H,6-7,9,17H2,1H3,(H,18,19). The monoisotopic (exact) mass is 318 g/mol. The zero-order chi connectivity index (χ0) is 14.8. The molecule has 1 unspecified atom stereocenters. The van der Waals surface area contributed by atoms with Crippen molar-refractivity contribution in [2.75, 3.05) is 11.5 Å². The smallest absolute Gasteiger partial charge is 0.261 e. The maximum Gasteiger partial charge on any atom is 0.261 e. The Hall–Kier alpha value is -1.46. The highest BCUT2D eigenvalue weighted by molar-refractivity contribution is 7.98. The lowest BCUT2D eigenvalue weighted by Crippen LogP contribution is -2.25. The summed E-state index contributed by atoms with van der Waals surface area (Å²) in [5.41, 5.74) is 8.82. The molecule has 1 aromatic carbocycles. The molecule has 1 aliphatic rings. The molecule has 3 N–H and O–H groups in total. The van der Waals surface area contributed by atoms with Crippen LogP contribution >= 0.6 is 23.1 Å². The summed E-state index contributed by atoms with van der Waals surface area (Å²) in [5.74, 6) is 2.21. The molecular weight excluding hydrogens is 300 g/mol. The first-order chi connectivity index (χ1) is 10.1. The highest BCUT2D eigenvalue weighted by Crippen LogP contribution is 2.31. The van der Waals surface area contributed by atoms with Crippen LogP contribution in [0.15, 0.2) is 30.3 Å². The van der Waals surface area contributed by atoms with Crippen molar-refractivity contribution in [3.8, 4) is 0 Å². The predicted octanol–water partition coefficient (Wildman–Crippen LogP) is 3.61. The summed E-state index contributed by atoms with van der Waals surface area (Å²) >= 11 is 3.58. The minimum Gasteiger partial charge on any atom is -0.399 e. The van der Waals surface area contributed by atoms with E-state index in [4.69, 9.17) is 5.73 Å². The molecule has 110 valence electrons. The maximum atomic E-state index is 12.4. The van der Waals surface area contributed by atoms with Gasteiger partial charge in [0.15, 0.2) is 0 Å². The average molecular weight is 318 g/mol. The third-order valence-electron chi connectivity index (χ3n) is 3.64. The van der Waals surface area contributed by atoms with E-state index >= 15 is 0 Å². The minimum absolute atomic E-state index is 0.0173. The molecule has 0 aliphatic carbocycles. The Balaban J connectivity index is 1.70. The molecule has 3 rings (SSSR count). The van der Waals surface area contributed by atoms with Crippen molar-refractivity contribution in [1.29, 1.82) is 0 Å². The zero-order valence-electron chi connectivity index (χ0n) is 11.9. The molecule has 21 heavy (non-hydrogen) atoms. The van der Waals surface area contributed by atoms with Gasteiger partial charge in [0.1, 0.15) is 0 Å². The van der Waals surface area contributed by atoms with Crippen molar-refractivity contribution in [3.63, 3.8) is 0 Å². The molecule has 3 nitrogen and oxygen atoms in total. The van der Waals surface area contributed by atoms with E-state index in [0.29, 0.717) is 0 Å². The first-order valence-corrected chi connectivity index (χ1v) is 8.96. The second-order valence-electron chi connectivity index (χ2n) is 5.22. The first-order valence-electron chi connectivity index (χ1n) is 6.99. The number of nitrogen functional groups attached to an aromatic ring is 1. The number of hydrogen-bond donors (Lipinski definition) is 2. The highest BCUT2D eigenvalue weighted by atomic mass is 32.2. The minimum atomic E-state index is -0.0217. The van der Waals surface area contributed by atoms with Gasteiger partial charge in [-0.3, -0.25) is 4.79 Å². The largest absolute Gasteiger partial charge is 0.399 e. The Morgan fingerprint density at radius 1 is 1.33 bits per heavy atom. The van der Waals surface area contributed by atoms with Crippen LogP contribution in [-0.4, -0.2) is 11.7 Å². The van der Waals surface area contributed by atoms with Crippen molar-refractivity contribution >= 4 is 34.7 Å². The Bertz CT molecular complexity index is 625. The number of thioether (sulfide) groups is 1. The van der Waals surface area contributed by atoms with E-state index in [2.05, 4.69) is 11.4 Å². The van der Waals surface area contributed by atoms with Crippen LogP contribution < -0.4 is 11.1 Å². The Kier molecular flexibility index (Phi) is 4.22. The fraction of sp³-hybridized carbons (Fsp3) is 0.312. The Labute approximate surface area is 132 Å². The summed E-state index contributed by atoms with van der Waals surface area (Å²) in [6, 6.07) is 9.66. The van der Waals surface area contributed by atoms with Crippen LogP contribution in [0.2, 0.25) is 0 Å². The first kappa shape index (κ1) is 14.5. The molecule has 1 atom stereocenters. The molecule has 1 aromatic heterocycles. The van der Waals surface area contributed by atoms with Gasteiger partial charge >= 0.3 is 0 Å². The van der Waals surface area contributed by atoms with Crippen molar-refractivity contribution in [2.45, 2.75) is 25.1 Å². The molecule has 0 spiro atoms. The molecule has 0 fully saturated rings. The molecule has 0 saturated heterocycles. The van der Waals surface area contributed by atoms with Gasteiger partial charge < -0.3 is 11.1 Å². The van der Waals surface area contributed by atoms with Gasteiger partial charge in [-0.05, 0) is 48.4 Å². The van der Waals surface area contributed by atoms with E-state index in [1.165, 1.54) is 10.4 Å². The third-order valence-corrected chi connectivity index (χ3v) is 5.88. The lowest BCUT2D eigenvalue weighted by molar-refractivity contribution is 0.0944. The van der Waals surface area contributed by atoms with Crippen LogP contribution in [0, 0.1) is 0 Å². The van der Waals surface area contributed by atoms with Crippen LogP contribution in [0.4, 0.5) is 5.69 Å². The summed E-state index contributed by atoms with van der Waals surface area (Å²) in [6.07, 6.45) is 1.09. The number of hydrogen-bond acceptors (Lipinski definition) is 4. The van der Waals surface area contributed by atoms with Crippen molar-refractivity contribution in [1.82, 2.24) is 5.32 Å². The molecule has 5 heteroatoms. The lowest BCUT2D eigenvalue weighted by Gasteiger charge is -2.13. The number of anilines is 1. The quantitative estimate of drug-likeness (QED) is 0.850. The molecule has 1 aliphatic heterocycles. The maximum absolute atomic E-state index is 12.4. The molecule has 2 aromatic rings. The summed E-state index contributed by atoms with van der Waals surface area (Å²) < 4.78 is 0. The van der Waals surface area contributed by atoms with Gasteiger partial charge in [0.25, 0.3) is 5.91 Å². The Morgan fingerprint density at radius 3 is 2.81 bits per heavy atom. The van der Waals surface area contributed by atoms with Gasteiger partial charge in [-0.15, -0.1) is 11.3 Å². The van der Waals surface area contributed by atoms with E-state index in [-0.39, 0.29) is 11.9 Å². The molecule has 0 radical (unpaired) electrons. The summed E-state index contributed by atoms with van der Waals surface area (Å²) in [7, 11) is 0. The number of amides is 1. The van der Waals surface area contributed by atoms with Gasteiger partial charge in [-0.1, -0.05) is 12.1 Å². The SMILES string of the molecule is CC(NC(=O)c1cc2c(s1)CCSC2)c1ccc(N)cc1. The highest BCUT2D eigenvalue weighted by Gasteiger charge is 2.18. The average Bonchev–Trinajstić information content (AvgIpc) is 2.92. The van der Waals surface area contributed by atoms with E-state index in [0.717, 1.165) is 34.1 Å². The van der Waals surface area contributed by atoms with Gasteiger partial charge in [-0.25, -0.2) is 0 Å². The summed E-state index contributed by atoms with van der Waals surface area (Å²) in [6.45, 7) is 1.99. The number of nitrogens with one attached hydrogen (secondary N) is 1. The fourth-order valence-electron chi connectivity index (χ4n) is 2.39. The number of carbonyl (C=O) groups excluding carboxylic acids is 1. The molecule has 1 amide bonds. The predicted molar refractivity (Wildman–Crippen MR) is 90.9 cm³/mol. The lowest BCUT2D eigenvalue weighted by atomic mass is 10.1. The number of aryl methyl sites for hydroxylation is 1. The zero-order valence-corrected chi connectivity index (χ0v) is 13.5. The van der Waals surface area contributed by atoms with E-state index in [1.807, 2.05) is 43.0 Å². The third kappa shape index (κ3) is 3.24. The van der Waals surface area contributed by atoms with Crippen molar-refractivity contribution in [3.05, 3.63) is 51.2 Å². The van der Waals surface area contributed by atoms with Gasteiger partial charge in [0.2, 0.25) is 0 Å². The molecular formula is C16H18N2OS2. The summed E-state index contributed by atoms with van der Waals surface area (Å²) in [5, 5.41) is 3.06. The van der Waals surface area contributed by atoms with E-state index < -0.39 is 0 Å². The number of fused-ring (bicyclic) bond motifs is 1. The van der Waals surface area contributed by atoms with Crippen LogP contribution in [0.1, 0.15) is 38.6 Å². The van der Waals surface area contributed by atoms with Crippen LogP contribution in [-0.2, 0) is 12.2 Å². The number of thiophene rings is 1. The van der Waals surface area contributed by atoms with Crippen molar-refractivity contribution < 1.29 is 4.79 Å². The number of carbonyl (C=O) groups is 1.